The number of hydrogen-bond acceptors (Lipinski definition) is 3. The molecule has 0 N–H and O–H groups in total. The summed E-state index contributed by atoms with van der Waals surface area (Å²) < 4.78 is 22.4. The number of ketones is 1. The van der Waals surface area contributed by atoms with Crippen molar-refractivity contribution in [3.8, 4) is 0 Å². The third kappa shape index (κ3) is 0.881. The second-order valence-corrected chi connectivity index (χ2v) is 4.52. The Bertz CT molecular complexity index is 445. The largest absolute Gasteiger partial charge is 0.293 e. The molecule has 61 valence electrons. The highest BCUT2D eigenvalue weighted by molar-refractivity contribution is 7.92. The summed E-state index contributed by atoms with van der Waals surface area (Å²) in [5.74, 6) is -0.732. The Morgan fingerprint density at radius 1 is 1.42 bits per heavy atom. The van der Waals surface area contributed by atoms with Crippen LogP contribution in [-0.4, -0.2) is 20.0 Å². The normalized spacial score (nSPS) is 19.2. The van der Waals surface area contributed by atoms with Gasteiger partial charge in [0.2, 0.25) is 0 Å². The van der Waals surface area contributed by atoms with Gasteiger partial charge >= 0.3 is 0 Å². The van der Waals surface area contributed by atoms with Crippen LogP contribution in [0, 0.1) is 6.07 Å². The first-order valence-corrected chi connectivity index (χ1v) is 5.03. The molecule has 1 aliphatic rings. The van der Waals surface area contributed by atoms with Crippen molar-refractivity contribution >= 4 is 15.6 Å². The molecule has 0 aromatic heterocycles. The molecule has 0 unspecified atom stereocenters. The Morgan fingerprint density at radius 2 is 2.17 bits per heavy atom. The summed E-state index contributed by atoms with van der Waals surface area (Å²) >= 11 is 0. The molecule has 1 heterocycles. The van der Waals surface area contributed by atoms with Crippen LogP contribution >= 0.6 is 0 Å². The van der Waals surface area contributed by atoms with Gasteiger partial charge < -0.3 is 0 Å². The number of hydrogen-bond donors (Lipinski definition) is 0. The molecular formula is C8H5O3S. The summed E-state index contributed by atoms with van der Waals surface area (Å²) in [5, 5.41) is 0. The highest BCUT2D eigenvalue weighted by atomic mass is 32.2. The standard InChI is InChI=1S/C8H5O3S/c9-7-5-12(10,11)8-4-2-1-3-6(7)8/h1-3H,5H2. The summed E-state index contributed by atoms with van der Waals surface area (Å²) in [5.41, 5.74) is 0.275. The minimum atomic E-state index is -3.36. The lowest BCUT2D eigenvalue weighted by Crippen LogP contribution is -2.03. The Morgan fingerprint density at radius 3 is 2.83 bits per heavy atom. The fourth-order valence-electron chi connectivity index (χ4n) is 1.22. The second-order valence-electron chi connectivity index (χ2n) is 2.60. The van der Waals surface area contributed by atoms with E-state index in [-0.39, 0.29) is 16.2 Å². The maximum atomic E-state index is 11.2. The lowest BCUT2D eigenvalue weighted by molar-refractivity contribution is 0.102. The smallest absolute Gasteiger partial charge is 0.187 e. The van der Waals surface area contributed by atoms with Crippen molar-refractivity contribution in [2.24, 2.45) is 0 Å². The third-order valence-electron chi connectivity index (χ3n) is 1.75. The maximum absolute atomic E-state index is 11.2. The first-order chi connectivity index (χ1) is 5.61. The van der Waals surface area contributed by atoms with Crippen LogP contribution in [0.1, 0.15) is 10.4 Å². The van der Waals surface area contributed by atoms with Crippen molar-refractivity contribution in [2.75, 3.05) is 5.75 Å². The Kier molecular flexibility index (Phi) is 1.35. The molecule has 0 bridgehead atoms. The number of carbonyl (C=O) groups is 1. The number of rotatable bonds is 0. The molecule has 2 rings (SSSR count). The molecule has 4 heteroatoms. The van der Waals surface area contributed by atoms with Gasteiger partial charge in [-0.1, -0.05) is 18.2 Å². The Hall–Kier alpha value is -1.16. The zero-order valence-corrected chi connectivity index (χ0v) is 6.89. The zero-order valence-electron chi connectivity index (χ0n) is 6.07. The van der Waals surface area contributed by atoms with Gasteiger partial charge in [0.05, 0.1) is 4.90 Å². The van der Waals surface area contributed by atoms with Gasteiger partial charge in [0.15, 0.2) is 15.6 Å². The summed E-state index contributed by atoms with van der Waals surface area (Å²) in [6, 6.07) is 7.18. The molecule has 1 aromatic carbocycles. The van der Waals surface area contributed by atoms with Gasteiger partial charge in [-0.05, 0) is 0 Å². The van der Waals surface area contributed by atoms with E-state index >= 15 is 0 Å². The van der Waals surface area contributed by atoms with E-state index in [2.05, 4.69) is 6.07 Å². The van der Waals surface area contributed by atoms with Crippen LogP contribution in [0.5, 0.6) is 0 Å². The van der Waals surface area contributed by atoms with Gasteiger partial charge in [0.1, 0.15) is 5.75 Å². The average molecular weight is 181 g/mol. The van der Waals surface area contributed by atoms with Gasteiger partial charge in [-0.25, -0.2) is 8.42 Å². The summed E-state index contributed by atoms with van der Waals surface area (Å²) in [4.78, 5) is 11.1. The van der Waals surface area contributed by atoms with Crippen molar-refractivity contribution in [3.63, 3.8) is 0 Å². The quantitative estimate of drug-likeness (QED) is 0.584. The van der Waals surface area contributed by atoms with E-state index in [1.54, 1.807) is 6.07 Å². The Labute approximate surface area is 69.9 Å². The molecule has 0 amide bonds. The summed E-state index contributed by atoms with van der Waals surface area (Å²) in [6.07, 6.45) is 0. The number of Topliss-reactive ketones (excluding diaryl/α,β-unsaturated/α-hetero) is 1. The van der Waals surface area contributed by atoms with Crippen LogP contribution in [0.4, 0.5) is 0 Å². The molecule has 0 saturated heterocycles. The molecule has 1 radical (unpaired) electrons. The topological polar surface area (TPSA) is 51.2 Å². The first kappa shape index (κ1) is 7.49. The van der Waals surface area contributed by atoms with E-state index in [0.717, 1.165) is 0 Å². The van der Waals surface area contributed by atoms with E-state index in [9.17, 15) is 13.2 Å². The molecule has 0 spiro atoms. The fraction of sp³-hybridized carbons (Fsp3) is 0.125. The molecule has 0 saturated carbocycles. The van der Waals surface area contributed by atoms with Crippen LogP contribution in [0.3, 0.4) is 0 Å². The predicted molar refractivity (Wildman–Crippen MR) is 41.7 cm³/mol. The van der Waals surface area contributed by atoms with Gasteiger partial charge in [-0.15, -0.1) is 0 Å². The number of carbonyl (C=O) groups excluding carboxylic acids is 1. The lowest BCUT2D eigenvalue weighted by atomic mass is 10.2. The minimum Gasteiger partial charge on any atom is -0.293 e. The predicted octanol–water partition coefficient (Wildman–Crippen LogP) is 0.457. The van der Waals surface area contributed by atoms with Crippen LogP contribution in [0.15, 0.2) is 23.1 Å². The first-order valence-electron chi connectivity index (χ1n) is 3.38. The number of benzene rings is 1. The van der Waals surface area contributed by atoms with E-state index in [0.29, 0.717) is 0 Å². The van der Waals surface area contributed by atoms with Gasteiger partial charge in [-0.3, -0.25) is 4.79 Å². The highest BCUT2D eigenvalue weighted by Crippen LogP contribution is 2.24. The summed E-state index contributed by atoms with van der Waals surface area (Å²) in [6.45, 7) is 0. The van der Waals surface area contributed by atoms with Gasteiger partial charge in [-0.2, -0.15) is 0 Å². The molecule has 1 aliphatic heterocycles. The number of sulfone groups is 1. The molecule has 1 aromatic rings. The molecule has 0 fully saturated rings. The van der Waals surface area contributed by atoms with Gasteiger partial charge in [0, 0.05) is 11.6 Å². The van der Waals surface area contributed by atoms with E-state index in [1.807, 2.05) is 0 Å². The molecule has 12 heavy (non-hydrogen) atoms. The van der Waals surface area contributed by atoms with Crippen LogP contribution in [0.2, 0.25) is 0 Å². The van der Waals surface area contributed by atoms with Crippen LogP contribution in [0.25, 0.3) is 0 Å². The average Bonchev–Trinajstić information content (AvgIpc) is 2.25. The molecule has 0 aliphatic carbocycles. The van der Waals surface area contributed by atoms with Crippen molar-refractivity contribution in [1.29, 1.82) is 0 Å². The van der Waals surface area contributed by atoms with Gasteiger partial charge in [0.25, 0.3) is 0 Å². The van der Waals surface area contributed by atoms with E-state index in [4.69, 9.17) is 0 Å². The van der Waals surface area contributed by atoms with E-state index in [1.165, 1.54) is 12.1 Å². The molecule has 0 atom stereocenters. The number of fused-ring (bicyclic) bond motifs is 1. The zero-order chi connectivity index (χ0) is 8.77. The van der Waals surface area contributed by atoms with Crippen molar-refractivity contribution in [1.82, 2.24) is 0 Å². The Balaban J connectivity index is 2.83. The van der Waals surface area contributed by atoms with E-state index < -0.39 is 15.6 Å². The third-order valence-corrected chi connectivity index (χ3v) is 3.35. The van der Waals surface area contributed by atoms with Crippen molar-refractivity contribution in [2.45, 2.75) is 4.90 Å². The minimum absolute atomic E-state index is 0.0509. The monoisotopic (exact) mass is 181 g/mol. The SMILES string of the molecule is O=C1CS(=O)(=O)c2[c]cccc21. The van der Waals surface area contributed by atoms with Crippen LogP contribution in [-0.2, 0) is 9.84 Å². The highest BCUT2D eigenvalue weighted by Gasteiger charge is 2.32. The molecule has 3 nitrogen and oxygen atoms in total. The second kappa shape index (κ2) is 2.17. The van der Waals surface area contributed by atoms with Crippen LogP contribution < -0.4 is 0 Å². The maximum Gasteiger partial charge on any atom is 0.187 e. The van der Waals surface area contributed by atoms with Crippen molar-refractivity contribution < 1.29 is 13.2 Å². The van der Waals surface area contributed by atoms with Crippen molar-refractivity contribution in [3.05, 3.63) is 29.8 Å². The summed E-state index contributed by atoms with van der Waals surface area (Å²) in [7, 11) is -3.36. The lowest BCUT2D eigenvalue weighted by Gasteiger charge is -1.91. The fourth-order valence-corrected chi connectivity index (χ4v) is 2.63. The molecular weight excluding hydrogens is 176 g/mol.